The summed E-state index contributed by atoms with van der Waals surface area (Å²) in [5.74, 6) is 0.596. The summed E-state index contributed by atoms with van der Waals surface area (Å²) < 4.78 is 18.8. The van der Waals surface area contributed by atoms with Gasteiger partial charge in [-0.15, -0.1) is 5.10 Å². The summed E-state index contributed by atoms with van der Waals surface area (Å²) in [5, 5.41) is 11.3. The molecule has 4 nitrogen and oxygen atoms in total. The van der Waals surface area contributed by atoms with E-state index in [2.05, 4.69) is 29.4 Å². The topological polar surface area (TPSA) is 47.0 Å². The Kier molecular flexibility index (Phi) is 5.01. The molecule has 0 unspecified atom stereocenters. The molecule has 0 saturated heterocycles. The van der Waals surface area contributed by atoms with Crippen LogP contribution in [0.2, 0.25) is 0 Å². The van der Waals surface area contributed by atoms with Gasteiger partial charge in [0, 0.05) is 12.6 Å². The van der Waals surface area contributed by atoms with E-state index in [4.69, 9.17) is 4.74 Å². The Morgan fingerprint density at radius 1 is 1.15 bits per heavy atom. The van der Waals surface area contributed by atoms with Crippen molar-refractivity contribution in [3.63, 3.8) is 0 Å². The fourth-order valence-corrected chi connectivity index (χ4v) is 1.63. The van der Waals surface area contributed by atoms with Crippen LogP contribution in [0.15, 0.2) is 36.4 Å². The van der Waals surface area contributed by atoms with E-state index in [-0.39, 0.29) is 11.6 Å². The van der Waals surface area contributed by atoms with E-state index in [1.807, 2.05) is 6.07 Å². The van der Waals surface area contributed by atoms with Crippen molar-refractivity contribution in [2.75, 3.05) is 6.54 Å². The van der Waals surface area contributed by atoms with Gasteiger partial charge < -0.3 is 10.1 Å². The van der Waals surface area contributed by atoms with Crippen LogP contribution in [-0.4, -0.2) is 16.7 Å². The van der Waals surface area contributed by atoms with E-state index in [0.29, 0.717) is 12.5 Å². The van der Waals surface area contributed by atoms with E-state index in [0.717, 1.165) is 12.2 Å². The monoisotopic (exact) mass is 275 g/mol. The quantitative estimate of drug-likeness (QED) is 0.879. The van der Waals surface area contributed by atoms with Crippen molar-refractivity contribution in [1.82, 2.24) is 15.5 Å². The number of nitrogens with zero attached hydrogens (tertiary/aromatic N) is 2. The zero-order valence-electron chi connectivity index (χ0n) is 11.6. The Hall–Kier alpha value is -2.01. The number of para-hydroxylation sites is 1. The van der Waals surface area contributed by atoms with Gasteiger partial charge in [0.05, 0.1) is 5.69 Å². The van der Waals surface area contributed by atoms with E-state index in [9.17, 15) is 4.39 Å². The molecule has 5 heteroatoms. The number of halogens is 1. The number of aromatic nitrogens is 2. The number of benzene rings is 1. The molecular weight excluding hydrogens is 257 g/mol. The molecule has 0 bridgehead atoms. The highest BCUT2D eigenvalue weighted by atomic mass is 19.1. The lowest BCUT2D eigenvalue weighted by Crippen LogP contribution is -2.19. The minimum atomic E-state index is -0.419. The van der Waals surface area contributed by atoms with Gasteiger partial charge in [-0.1, -0.05) is 26.0 Å². The first-order valence-electron chi connectivity index (χ1n) is 6.61. The third-order valence-corrected chi connectivity index (χ3v) is 2.61. The SMILES string of the molecule is CC(C)CNCc1ccc(Oc2ccccc2F)nn1. The van der Waals surface area contributed by atoms with Crippen molar-refractivity contribution in [2.24, 2.45) is 5.92 Å². The lowest BCUT2D eigenvalue weighted by Gasteiger charge is -2.07. The smallest absolute Gasteiger partial charge is 0.239 e. The number of rotatable bonds is 6. The second-order valence-electron chi connectivity index (χ2n) is 4.92. The Morgan fingerprint density at radius 2 is 1.95 bits per heavy atom. The maximum atomic E-state index is 13.4. The van der Waals surface area contributed by atoms with E-state index < -0.39 is 5.82 Å². The van der Waals surface area contributed by atoms with Crippen molar-refractivity contribution < 1.29 is 9.13 Å². The molecule has 0 aliphatic heterocycles. The molecule has 2 rings (SSSR count). The molecule has 0 aliphatic carbocycles. The first kappa shape index (κ1) is 14.4. The first-order chi connectivity index (χ1) is 9.65. The van der Waals surface area contributed by atoms with Crippen LogP contribution in [-0.2, 0) is 6.54 Å². The van der Waals surface area contributed by atoms with Gasteiger partial charge in [0.15, 0.2) is 11.6 Å². The molecular formula is C15H18FN3O. The zero-order valence-corrected chi connectivity index (χ0v) is 11.6. The van der Waals surface area contributed by atoms with Crippen LogP contribution in [0.4, 0.5) is 4.39 Å². The summed E-state index contributed by atoms with van der Waals surface area (Å²) in [6, 6.07) is 9.71. The standard InChI is InChI=1S/C15H18FN3O/c1-11(2)9-17-10-12-7-8-15(19-18-12)20-14-6-4-3-5-13(14)16/h3-8,11,17H,9-10H2,1-2H3. The van der Waals surface area contributed by atoms with Gasteiger partial charge in [-0.25, -0.2) is 4.39 Å². The van der Waals surface area contributed by atoms with Crippen molar-refractivity contribution in [1.29, 1.82) is 0 Å². The van der Waals surface area contributed by atoms with Gasteiger partial charge in [-0.05, 0) is 30.7 Å². The third-order valence-electron chi connectivity index (χ3n) is 2.61. The maximum absolute atomic E-state index is 13.4. The minimum absolute atomic E-state index is 0.146. The second kappa shape index (κ2) is 6.96. The fourth-order valence-electron chi connectivity index (χ4n) is 1.63. The summed E-state index contributed by atoms with van der Waals surface area (Å²) in [7, 11) is 0. The van der Waals surface area contributed by atoms with Crippen LogP contribution in [0.1, 0.15) is 19.5 Å². The lowest BCUT2D eigenvalue weighted by atomic mass is 10.2. The normalized spacial score (nSPS) is 10.8. The van der Waals surface area contributed by atoms with Crippen molar-refractivity contribution >= 4 is 0 Å². The maximum Gasteiger partial charge on any atom is 0.239 e. The summed E-state index contributed by atoms with van der Waals surface area (Å²) in [4.78, 5) is 0. The molecule has 0 atom stereocenters. The lowest BCUT2D eigenvalue weighted by molar-refractivity contribution is 0.420. The van der Waals surface area contributed by atoms with E-state index >= 15 is 0 Å². The Balaban J connectivity index is 1.93. The minimum Gasteiger partial charge on any atom is -0.434 e. The molecule has 106 valence electrons. The number of nitrogens with one attached hydrogen (secondary N) is 1. The van der Waals surface area contributed by atoms with Gasteiger partial charge in [-0.2, -0.15) is 5.10 Å². The van der Waals surface area contributed by atoms with Crippen molar-refractivity contribution in [2.45, 2.75) is 20.4 Å². The molecule has 0 amide bonds. The summed E-state index contributed by atoms with van der Waals surface area (Å²) in [6.07, 6.45) is 0. The summed E-state index contributed by atoms with van der Waals surface area (Å²) >= 11 is 0. The largest absolute Gasteiger partial charge is 0.434 e. The molecule has 1 aromatic carbocycles. The molecule has 0 spiro atoms. The molecule has 1 N–H and O–H groups in total. The molecule has 1 aromatic heterocycles. The van der Waals surface area contributed by atoms with Crippen LogP contribution in [0.5, 0.6) is 11.6 Å². The van der Waals surface area contributed by atoms with Crippen LogP contribution in [0, 0.1) is 11.7 Å². The van der Waals surface area contributed by atoms with Crippen LogP contribution in [0.25, 0.3) is 0 Å². The molecule has 1 heterocycles. The predicted octanol–water partition coefficient (Wildman–Crippen LogP) is 3.15. The fraction of sp³-hybridized carbons (Fsp3) is 0.333. The summed E-state index contributed by atoms with van der Waals surface area (Å²) in [6.45, 7) is 5.87. The van der Waals surface area contributed by atoms with Crippen molar-refractivity contribution in [3.8, 4) is 11.6 Å². The average Bonchev–Trinajstić information content (AvgIpc) is 2.43. The molecule has 20 heavy (non-hydrogen) atoms. The Bertz CT molecular complexity index is 543. The van der Waals surface area contributed by atoms with Gasteiger partial charge in [0.2, 0.25) is 5.88 Å². The average molecular weight is 275 g/mol. The first-order valence-corrected chi connectivity index (χ1v) is 6.61. The zero-order chi connectivity index (χ0) is 14.4. The summed E-state index contributed by atoms with van der Waals surface area (Å²) in [5.41, 5.74) is 0.825. The highest BCUT2D eigenvalue weighted by molar-refractivity contribution is 5.28. The van der Waals surface area contributed by atoms with E-state index in [1.165, 1.54) is 6.07 Å². The Labute approximate surface area is 118 Å². The van der Waals surface area contributed by atoms with Gasteiger partial charge in [-0.3, -0.25) is 0 Å². The number of ether oxygens (including phenoxy) is 1. The van der Waals surface area contributed by atoms with Gasteiger partial charge in [0.1, 0.15) is 0 Å². The number of hydrogen-bond acceptors (Lipinski definition) is 4. The highest BCUT2D eigenvalue weighted by Gasteiger charge is 2.05. The Morgan fingerprint density at radius 3 is 2.60 bits per heavy atom. The molecule has 0 radical (unpaired) electrons. The molecule has 0 fully saturated rings. The van der Waals surface area contributed by atoms with Gasteiger partial charge >= 0.3 is 0 Å². The van der Waals surface area contributed by atoms with Crippen LogP contribution >= 0.6 is 0 Å². The predicted molar refractivity (Wildman–Crippen MR) is 75.1 cm³/mol. The van der Waals surface area contributed by atoms with Crippen LogP contribution < -0.4 is 10.1 Å². The van der Waals surface area contributed by atoms with Gasteiger partial charge in [0.25, 0.3) is 0 Å². The number of hydrogen-bond donors (Lipinski definition) is 1. The van der Waals surface area contributed by atoms with Crippen molar-refractivity contribution in [3.05, 3.63) is 47.9 Å². The molecule has 0 aliphatic rings. The third kappa shape index (κ3) is 4.28. The van der Waals surface area contributed by atoms with E-state index in [1.54, 1.807) is 24.3 Å². The van der Waals surface area contributed by atoms with Crippen LogP contribution in [0.3, 0.4) is 0 Å². The second-order valence-corrected chi connectivity index (χ2v) is 4.92. The molecule has 0 saturated carbocycles. The highest BCUT2D eigenvalue weighted by Crippen LogP contribution is 2.21. The molecule has 2 aromatic rings.